The Balaban J connectivity index is 1.67. The highest BCUT2D eigenvalue weighted by Crippen LogP contribution is 2.37. The van der Waals surface area contributed by atoms with Crippen LogP contribution >= 0.6 is 0 Å². The molecule has 0 aliphatic carbocycles. The Morgan fingerprint density at radius 3 is 2.52 bits per heavy atom. The molecule has 7 nitrogen and oxygen atoms in total. The number of hydroxylamine groups is 2. The minimum atomic E-state index is -0.610. The van der Waals surface area contributed by atoms with Crippen LogP contribution in [-0.4, -0.2) is 38.1 Å². The van der Waals surface area contributed by atoms with Gasteiger partial charge >= 0.3 is 6.03 Å². The first kappa shape index (κ1) is 19.0. The van der Waals surface area contributed by atoms with Gasteiger partial charge in [0.1, 0.15) is 17.2 Å². The van der Waals surface area contributed by atoms with Crippen molar-refractivity contribution in [2.24, 2.45) is 0 Å². The number of nitrogens with one attached hydrogen (secondary N) is 1. The molecule has 2 aromatic carbocycles. The maximum absolute atomic E-state index is 11.8. The average molecular weight is 372 g/mol. The van der Waals surface area contributed by atoms with E-state index in [9.17, 15) is 4.79 Å². The summed E-state index contributed by atoms with van der Waals surface area (Å²) in [7, 11) is 4.60. The molecule has 2 aromatic rings. The van der Waals surface area contributed by atoms with E-state index in [1.807, 2.05) is 25.1 Å². The van der Waals surface area contributed by atoms with Gasteiger partial charge in [0.15, 0.2) is 0 Å². The van der Waals surface area contributed by atoms with Crippen molar-refractivity contribution in [3.8, 4) is 17.2 Å². The summed E-state index contributed by atoms with van der Waals surface area (Å²) in [6.07, 6.45) is 1.70. The normalized spacial score (nSPS) is 18.2. The Hall–Kier alpha value is -2.77. The van der Waals surface area contributed by atoms with Crippen LogP contribution in [0.3, 0.4) is 0 Å². The third-order valence-electron chi connectivity index (χ3n) is 4.55. The highest BCUT2D eigenvalue weighted by molar-refractivity contribution is 5.88. The van der Waals surface area contributed by atoms with Gasteiger partial charge in [-0.3, -0.25) is 4.84 Å². The van der Waals surface area contributed by atoms with Crippen LogP contribution in [0, 0.1) is 0 Å². The number of urea groups is 1. The highest BCUT2D eigenvalue weighted by atomic mass is 16.7. The molecule has 0 saturated carbocycles. The van der Waals surface area contributed by atoms with E-state index in [0.29, 0.717) is 17.2 Å². The number of amides is 2. The molecule has 1 N–H and O–H groups in total. The Labute approximate surface area is 158 Å². The summed E-state index contributed by atoms with van der Waals surface area (Å²) in [5.74, 6) is 1.49. The number of rotatable bonds is 5. The Morgan fingerprint density at radius 2 is 1.85 bits per heavy atom. The van der Waals surface area contributed by atoms with E-state index < -0.39 is 5.79 Å². The first-order chi connectivity index (χ1) is 12.9. The van der Waals surface area contributed by atoms with Crippen molar-refractivity contribution in [1.82, 2.24) is 5.06 Å². The monoisotopic (exact) mass is 372 g/mol. The molecular formula is C20H24N2O5. The lowest BCUT2D eigenvalue weighted by Crippen LogP contribution is -2.38. The number of carbonyl (C=O) groups excluding carboxylic acids is 1. The standard InChI is InChI=1S/C20H24N2O5/c1-20(24-3)12-11-14-5-8-17(13-18(14)27-20)26-16-9-6-15(7-10-16)21-19(23)22(2)25-4/h5-10,13H,11-12H2,1-4H3,(H,21,23). The Bertz CT molecular complexity index is 809. The van der Waals surface area contributed by atoms with Crippen molar-refractivity contribution >= 4 is 11.7 Å². The van der Waals surface area contributed by atoms with Crippen LogP contribution in [0.5, 0.6) is 17.2 Å². The molecule has 0 aromatic heterocycles. The third kappa shape index (κ3) is 4.50. The van der Waals surface area contributed by atoms with Gasteiger partial charge in [0.05, 0.1) is 7.11 Å². The maximum Gasteiger partial charge on any atom is 0.345 e. The number of aryl methyl sites for hydroxylation is 1. The van der Waals surface area contributed by atoms with Gasteiger partial charge in [-0.2, -0.15) is 0 Å². The fraction of sp³-hybridized carbons (Fsp3) is 0.350. The summed E-state index contributed by atoms with van der Waals surface area (Å²) in [6.45, 7) is 1.93. The third-order valence-corrected chi connectivity index (χ3v) is 4.55. The summed E-state index contributed by atoms with van der Waals surface area (Å²) < 4.78 is 17.3. The highest BCUT2D eigenvalue weighted by Gasteiger charge is 2.31. The number of hydrogen-bond donors (Lipinski definition) is 1. The Morgan fingerprint density at radius 1 is 1.15 bits per heavy atom. The molecule has 7 heteroatoms. The van der Waals surface area contributed by atoms with Crippen molar-refractivity contribution in [1.29, 1.82) is 0 Å². The van der Waals surface area contributed by atoms with Gasteiger partial charge in [-0.1, -0.05) is 6.07 Å². The molecule has 1 aliphatic rings. The zero-order chi connectivity index (χ0) is 19.4. The molecule has 2 amide bonds. The van der Waals surface area contributed by atoms with Crippen LogP contribution in [0.25, 0.3) is 0 Å². The van der Waals surface area contributed by atoms with Crippen LogP contribution in [0.4, 0.5) is 10.5 Å². The van der Waals surface area contributed by atoms with Gasteiger partial charge in [-0.15, -0.1) is 0 Å². The van der Waals surface area contributed by atoms with E-state index in [0.717, 1.165) is 29.2 Å². The molecule has 0 saturated heterocycles. The van der Waals surface area contributed by atoms with Crippen molar-refractivity contribution in [3.63, 3.8) is 0 Å². The summed E-state index contributed by atoms with van der Waals surface area (Å²) in [4.78, 5) is 16.6. The second-order valence-electron chi connectivity index (χ2n) is 6.45. The molecule has 3 rings (SSSR count). The van der Waals surface area contributed by atoms with Gasteiger partial charge in [0, 0.05) is 39.3 Å². The van der Waals surface area contributed by atoms with Gasteiger partial charge < -0.3 is 19.5 Å². The molecular weight excluding hydrogens is 348 g/mol. The quantitative estimate of drug-likeness (QED) is 0.797. The second-order valence-corrected chi connectivity index (χ2v) is 6.45. The number of nitrogens with zero attached hydrogens (tertiary/aromatic N) is 1. The fourth-order valence-corrected chi connectivity index (χ4v) is 2.72. The van der Waals surface area contributed by atoms with Crippen molar-refractivity contribution in [2.45, 2.75) is 25.6 Å². The van der Waals surface area contributed by atoms with Crippen molar-refractivity contribution in [3.05, 3.63) is 48.0 Å². The molecule has 0 fully saturated rings. The maximum atomic E-state index is 11.8. The summed E-state index contributed by atoms with van der Waals surface area (Å²) >= 11 is 0. The number of carbonyl (C=O) groups is 1. The van der Waals surface area contributed by atoms with Crippen LogP contribution in [-0.2, 0) is 16.0 Å². The van der Waals surface area contributed by atoms with E-state index in [1.54, 1.807) is 31.4 Å². The molecule has 1 aliphatic heterocycles. The molecule has 1 unspecified atom stereocenters. The molecule has 0 bridgehead atoms. The first-order valence-electron chi connectivity index (χ1n) is 8.66. The molecule has 144 valence electrons. The SMILES string of the molecule is CON(C)C(=O)Nc1ccc(Oc2ccc3c(c2)OC(C)(OC)CC3)cc1. The predicted molar refractivity (Wildman–Crippen MR) is 101 cm³/mol. The largest absolute Gasteiger partial charge is 0.462 e. The molecule has 0 spiro atoms. The van der Waals surface area contributed by atoms with E-state index >= 15 is 0 Å². The number of anilines is 1. The number of ether oxygens (including phenoxy) is 3. The smallest absolute Gasteiger partial charge is 0.345 e. The molecule has 1 atom stereocenters. The zero-order valence-electron chi connectivity index (χ0n) is 15.9. The lowest BCUT2D eigenvalue weighted by Gasteiger charge is -2.34. The number of benzene rings is 2. The van der Waals surface area contributed by atoms with Gasteiger partial charge in [0.2, 0.25) is 5.79 Å². The minimum absolute atomic E-state index is 0.362. The van der Waals surface area contributed by atoms with Gasteiger partial charge in [0.25, 0.3) is 0 Å². The van der Waals surface area contributed by atoms with Crippen LogP contribution in [0.1, 0.15) is 18.9 Å². The summed E-state index contributed by atoms with van der Waals surface area (Å²) in [6, 6.07) is 12.5. The summed E-state index contributed by atoms with van der Waals surface area (Å²) in [5.41, 5.74) is 1.78. The fourth-order valence-electron chi connectivity index (χ4n) is 2.72. The predicted octanol–water partition coefficient (Wildman–Crippen LogP) is 4.19. The van der Waals surface area contributed by atoms with Gasteiger partial charge in [-0.25, -0.2) is 9.86 Å². The van der Waals surface area contributed by atoms with Crippen LogP contribution < -0.4 is 14.8 Å². The van der Waals surface area contributed by atoms with Gasteiger partial charge in [-0.05, 0) is 42.3 Å². The first-order valence-corrected chi connectivity index (χ1v) is 8.66. The molecule has 1 heterocycles. The average Bonchev–Trinajstić information content (AvgIpc) is 2.68. The summed E-state index contributed by atoms with van der Waals surface area (Å²) in [5, 5.41) is 3.82. The minimum Gasteiger partial charge on any atom is -0.462 e. The lowest BCUT2D eigenvalue weighted by molar-refractivity contribution is -0.160. The van der Waals surface area contributed by atoms with E-state index in [2.05, 4.69) is 5.32 Å². The topological polar surface area (TPSA) is 69.3 Å². The lowest BCUT2D eigenvalue weighted by atomic mass is 10.0. The van der Waals surface area contributed by atoms with E-state index in [4.69, 9.17) is 19.0 Å². The molecule has 27 heavy (non-hydrogen) atoms. The number of methoxy groups -OCH3 is 1. The number of hydrogen-bond acceptors (Lipinski definition) is 5. The van der Waals surface area contributed by atoms with Crippen molar-refractivity contribution < 1.29 is 23.8 Å². The number of fused-ring (bicyclic) bond motifs is 1. The van der Waals surface area contributed by atoms with Crippen LogP contribution in [0.15, 0.2) is 42.5 Å². The van der Waals surface area contributed by atoms with E-state index in [1.165, 1.54) is 14.2 Å². The second kappa shape index (κ2) is 7.85. The van der Waals surface area contributed by atoms with Crippen LogP contribution in [0.2, 0.25) is 0 Å². The molecule has 0 radical (unpaired) electrons. The Kier molecular flexibility index (Phi) is 5.53. The van der Waals surface area contributed by atoms with E-state index in [-0.39, 0.29) is 6.03 Å². The van der Waals surface area contributed by atoms with Crippen molar-refractivity contribution in [2.75, 3.05) is 26.6 Å². The zero-order valence-corrected chi connectivity index (χ0v) is 15.9.